The molecule has 0 aliphatic carbocycles. The minimum atomic E-state index is -4.60. The van der Waals surface area contributed by atoms with Crippen LogP contribution >= 0.6 is 11.8 Å². The Morgan fingerprint density at radius 1 is 0.850 bits per heavy atom. The highest BCUT2D eigenvalue weighted by molar-refractivity contribution is 7.99. The van der Waals surface area contributed by atoms with Gasteiger partial charge in [-0.3, -0.25) is 4.79 Å². The molecule has 0 amide bonds. The number of pyridine rings is 1. The SMILES string of the molecule is CCc1c(C)c2c3c(C(F)(F)F)cc(=O)[nH]c3ccc2n1CCCCCCSCCCCCCCCCCCO. The van der Waals surface area contributed by atoms with Crippen LogP contribution in [0.4, 0.5) is 13.2 Å². The Balaban J connectivity index is 1.43. The van der Waals surface area contributed by atoms with E-state index in [4.69, 9.17) is 5.11 Å². The van der Waals surface area contributed by atoms with Crippen molar-refractivity contribution in [3.63, 3.8) is 0 Å². The van der Waals surface area contributed by atoms with Gasteiger partial charge in [-0.05, 0) is 68.2 Å². The van der Waals surface area contributed by atoms with Crippen molar-refractivity contribution in [3.05, 3.63) is 45.4 Å². The van der Waals surface area contributed by atoms with E-state index in [-0.39, 0.29) is 10.9 Å². The molecule has 3 aromatic rings. The van der Waals surface area contributed by atoms with Crippen molar-refractivity contribution in [1.82, 2.24) is 9.55 Å². The van der Waals surface area contributed by atoms with Crippen molar-refractivity contribution in [2.24, 2.45) is 0 Å². The van der Waals surface area contributed by atoms with Gasteiger partial charge in [0, 0.05) is 46.7 Å². The predicted molar refractivity (Wildman–Crippen MR) is 164 cm³/mol. The second-order valence-electron chi connectivity index (χ2n) is 10.9. The van der Waals surface area contributed by atoms with Gasteiger partial charge in [0.25, 0.3) is 0 Å². The normalized spacial score (nSPS) is 12.2. The lowest BCUT2D eigenvalue weighted by Crippen LogP contribution is -2.14. The van der Waals surface area contributed by atoms with Crippen LogP contribution in [0.5, 0.6) is 0 Å². The second kappa shape index (κ2) is 16.5. The summed E-state index contributed by atoms with van der Waals surface area (Å²) in [5.74, 6) is 2.44. The van der Waals surface area contributed by atoms with E-state index in [2.05, 4.69) is 21.3 Å². The predicted octanol–water partition coefficient (Wildman–Crippen LogP) is 9.17. The highest BCUT2D eigenvalue weighted by Crippen LogP contribution is 2.39. The zero-order valence-corrected chi connectivity index (χ0v) is 25.1. The van der Waals surface area contributed by atoms with Crippen molar-refractivity contribution in [2.75, 3.05) is 18.1 Å². The molecule has 1 aromatic carbocycles. The van der Waals surface area contributed by atoms with Crippen molar-refractivity contribution < 1.29 is 18.3 Å². The molecule has 0 fully saturated rings. The number of H-pyrrole nitrogens is 1. The molecule has 0 aliphatic heterocycles. The number of alkyl halides is 3. The van der Waals surface area contributed by atoms with Crippen LogP contribution < -0.4 is 5.56 Å². The lowest BCUT2D eigenvalue weighted by atomic mass is 10.0. The first-order valence-electron chi connectivity index (χ1n) is 15.2. The van der Waals surface area contributed by atoms with Crippen molar-refractivity contribution in [2.45, 2.75) is 116 Å². The van der Waals surface area contributed by atoms with Gasteiger partial charge in [-0.1, -0.05) is 64.7 Å². The largest absolute Gasteiger partial charge is 0.417 e. The zero-order chi connectivity index (χ0) is 29.0. The number of hydrogen-bond donors (Lipinski definition) is 2. The van der Waals surface area contributed by atoms with E-state index in [1.54, 1.807) is 6.07 Å². The van der Waals surface area contributed by atoms with Crippen LogP contribution in [-0.2, 0) is 19.1 Å². The van der Waals surface area contributed by atoms with Gasteiger partial charge in [-0.25, -0.2) is 0 Å². The molecule has 0 unspecified atom stereocenters. The van der Waals surface area contributed by atoms with Gasteiger partial charge in [0.15, 0.2) is 0 Å². The second-order valence-corrected chi connectivity index (χ2v) is 12.2. The summed E-state index contributed by atoms with van der Waals surface area (Å²) in [5, 5.41) is 9.50. The molecule has 0 atom stereocenters. The molecular formula is C32H47F3N2O2S. The number of aliphatic hydroxyl groups excluding tert-OH is 1. The molecule has 2 heterocycles. The van der Waals surface area contributed by atoms with E-state index in [9.17, 15) is 18.0 Å². The van der Waals surface area contributed by atoms with Crippen LogP contribution in [0.3, 0.4) is 0 Å². The van der Waals surface area contributed by atoms with E-state index in [0.717, 1.165) is 55.4 Å². The average Bonchev–Trinajstić information content (AvgIpc) is 3.19. The van der Waals surface area contributed by atoms with Gasteiger partial charge in [0.1, 0.15) is 0 Å². The number of hydrogen-bond acceptors (Lipinski definition) is 3. The Morgan fingerprint density at radius 2 is 1.43 bits per heavy atom. The Labute approximate surface area is 241 Å². The Kier molecular flexibility index (Phi) is 13.4. The van der Waals surface area contributed by atoms with Gasteiger partial charge in [0.05, 0.1) is 5.56 Å². The molecule has 0 saturated carbocycles. The number of unbranched alkanes of at least 4 members (excludes halogenated alkanes) is 11. The third-order valence-electron chi connectivity index (χ3n) is 7.92. The smallest absolute Gasteiger partial charge is 0.396 e. The van der Waals surface area contributed by atoms with Gasteiger partial charge in [0.2, 0.25) is 5.56 Å². The Hall–Kier alpha value is -1.93. The summed E-state index contributed by atoms with van der Waals surface area (Å²) >= 11 is 2.06. The summed E-state index contributed by atoms with van der Waals surface area (Å²) in [6.45, 7) is 5.06. The van der Waals surface area contributed by atoms with Gasteiger partial charge >= 0.3 is 6.18 Å². The fourth-order valence-electron chi connectivity index (χ4n) is 5.86. The summed E-state index contributed by atoms with van der Waals surface area (Å²) in [6.07, 6.45) is 11.9. The molecule has 40 heavy (non-hydrogen) atoms. The number of aliphatic hydroxyl groups is 1. The highest BCUT2D eigenvalue weighted by atomic mass is 32.2. The minimum absolute atomic E-state index is 0.0989. The third-order valence-corrected chi connectivity index (χ3v) is 9.07. The van der Waals surface area contributed by atoms with E-state index in [0.29, 0.717) is 18.1 Å². The zero-order valence-electron chi connectivity index (χ0n) is 24.3. The van der Waals surface area contributed by atoms with E-state index < -0.39 is 17.3 Å². The van der Waals surface area contributed by atoms with Crippen molar-refractivity contribution >= 4 is 33.6 Å². The lowest BCUT2D eigenvalue weighted by Gasteiger charge is -2.12. The van der Waals surface area contributed by atoms with Crippen molar-refractivity contribution in [1.29, 1.82) is 0 Å². The summed E-state index contributed by atoms with van der Waals surface area (Å²) in [7, 11) is 0. The number of benzene rings is 1. The van der Waals surface area contributed by atoms with Crippen LogP contribution in [0, 0.1) is 6.92 Å². The standard InChI is InChI=1S/C32H47F3N2O2S/c1-3-27-24(2)30-28(18-17-26-31(30)25(32(33,34)35)23-29(39)36-26)37(27)19-13-9-12-16-22-40-21-15-11-8-6-4-5-7-10-14-20-38/h17-18,23,38H,3-16,19-22H2,1-2H3,(H,36,39). The summed E-state index contributed by atoms with van der Waals surface area (Å²) < 4.78 is 43.9. The van der Waals surface area contributed by atoms with E-state index in [1.165, 1.54) is 69.3 Å². The lowest BCUT2D eigenvalue weighted by molar-refractivity contribution is -0.136. The molecule has 4 nitrogen and oxygen atoms in total. The van der Waals surface area contributed by atoms with Crippen molar-refractivity contribution in [3.8, 4) is 0 Å². The maximum absolute atomic E-state index is 13.9. The fraction of sp³-hybridized carbons (Fsp3) is 0.656. The van der Waals surface area contributed by atoms with Crippen LogP contribution in [0.1, 0.15) is 107 Å². The number of halogens is 3. The highest BCUT2D eigenvalue weighted by Gasteiger charge is 2.34. The van der Waals surface area contributed by atoms with Gasteiger partial charge < -0.3 is 14.7 Å². The summed E-state index contributed by atoms with van der Waals surface area (Å²) in [6, 6.07) is 4.16. The number of aromatic nitrogens is 2. The molecule has 8 heteroatoms. The topological polar surface area (TPSA) is 58.0 Å². The number of nitrogens with one attached hydrogen (secondary N) is 1. The van der Waals surface area contributed by atoms with Gasteiger partial charge in [-0.15, -0.1) is 0 Å². The van der Waals surface area contributed by atoms with E-state index >= 15 is 0 Å². The summed E-state index contributed by atoms with van der Waals surface area (Å²) in [4.78, 5) is 14.5. The molecule has 0 radical (unpaired) electrons. The number of thioether (sulfide) groups is 1. The Bertz CT molecular complexity index is 1250. The molecule has 2 aromatic heterocycles. The number of aromatic amines is 1. The molecular weight excluding hydrogens is 533 g/mol. The molecule has 0 saturated heterocycles. The fourth-order valence-corrected chi connectivity index (χ4v) is 6.88. The van der Waals surface area contributed by atoms with Crippen LogP contribution in [0.15, 0.2) is 23.0 Å². The van der Waals surface area contributed by atoms with Gasteiger partial charge in [-0.2, -0.15) is 24.9 Å². The number of rotatable bonds is 19. The number of nitrogens with zero attached hydrogens (tertiary/aromatic N) is 1. The quantitative estimate of drug-likeness (QED) is 0.139. The van der Waals surface area contributed by atoms with Crippen LogP contribution in [0.2, 0.25) is 0 Å². The minimum Gasteiger partial charge on any atom is -0.396 e. The molecule has 0 bridgehead atoms. The third kappa shape index (κ3) is 9.04. The van der Waals surface area contributed by atoms with E-state index in [1.807, 2.05) is 19.9 Å². The molecule has 3 rings (SSSR count). The molecule has 0 spiro atoms. The maximum atomic E-state index is 13.9. The first-order valence-corrected chi connectivity index (χ1v) is 16.4. The Morgan fingerprint density at radius 3 is 2.00 bits per heavy atom. The van der Waals surface area contributed by atoms with Crippen LogP contribution in [-0.4, -0.2) is 32.8 Å². The number of fused-ring (bicyclic) bond motifs is 3. The first-order chi connectivity index (χ1) is 19.3. The molecule has 0 aliphatic rings. The number of aryl methyl sites for hydroxylation is 2. The summed E-state index contributed by atoms with van der Waals surface area (Å²) in [5.41, 5.74) is 1.40. The maximum Gasteiger partial charge on any atom is 0.417 e. The first kappa shape index (κ1) is 32.6. The molecule has 2 N–H and O–H groups in total. The monoisotopic (exact) mass is 580 g/mol. The molecule has 224 valence electrons. The average molecular weight is 581 g/mol. The van der Waals surface area contributed by atoms with Crippen LogP contribution in [0.25, 0.3) is 21.8 Å².